The summed E-state index contributed by atoms with van der Waals surface area (Å²) in [5.41, 5.74) is 2.41. The molecule has 4 heteroatoms. The average molecular weight is 387 g/mol. The maximum atomic E-state index is 5.56. The van der Waals surface area contributed by atoms with Crippen LogP contribution in [0.5, 0.6) is 23.0 Å². The van der Waals surface area contributed by atoms with E-state index in [0.717, 1.165) is 48.7 Å². The van der Waals surface area contributed by atoms with Crippen LogP contribution >= 0.6 is 0 Å². The highest BCUT2D eigenvalue weighted by Gasteiger charge is 2.17. The molecule has 0 saturated carbocycles. The minimum atomic E-state index is 0.530. The van der Waals surface area contributed by atoms with Crippen LogP contribution in [-0.2, 0) is 12.8 Å². The van der Waals surface area contributed by atoms with Crippen LogP contribution in [0.2, 0.25) is 0 Å². The number of hydrogen-bond acceptors (Lipinski definition) is 4. The highest BCUT2D eigenvalue weighted by atomic mass is 16.5. The minimum Gasteiger partial charge on any atom is -0.497 e. The Hall–Kier alpha value is -2.36. The smallest absolute Gasteiger partial charge is 0.122 e. The monoisotopic (exact) mass is 386 g/mol. The minimum absolute atomic E-state index is 0.530. The Bertz CT molecular complexity index is 741. The van der Waals surface area contributed by atoms with Gasteiger partial charge in [-0.05, 0) is 78.6 Å². The van der Waals surface area contributed by atoms with E-state index >= 15 is 0 Å². The molecule has 0 amide bonds. The van der Waals surface area contributed by atoms with Crippen LogP contribution in [0.25, 0.3) is 0 Å². The Morgan fingerprint density at radius 3 is 1.64 bits per heavy atom. The fraction of sp³-hybridized carbons (Fsp3) is 0.500. The molecule has 4 nitrogen and oxygen atoms in total. The third-order valence-corrected chi connectivity index (χ3v) is 5.37. The van der Waals surface area contributed by atoms with Crippen molar-refractivity contribution in [2.45, 2.75) is 39.5 Å². The van der Waals surface area contributed by atoms with Gasteiger partial charge in [-0.15, -0.1) is 0 Å². The number of hydrogen-bond donors (Lipinski definition) is 0. The van der Waals surface area contributed by atoms with E-state index in [1.807, 2.05) is 24.3 Å². The summed E-state index contributed by atoms with van der Waals surface area (Å²) in [4.78, 5) is 0. The topological polar surface area (TPSA) is 36.9 Å². The first kappa shape index (κ1) is 21.9. The molecule has 2 atom stereocenters. The normalized spacial score (nSPS) is 12.9. The van der Waals surface area contributed by atoms with Crippen molar-refractivity contribution in [1.29, 1.82) is 0 Å². The Kier molecular flexibility index (Phi) is 8.49. The summed E-state index contributed by atoms with van der Waals surface area (Å²) in [6.45, 7) is 4.57. The van der Waals surface area contributed by atoms with Crippen LogP contribution in [0.4, 0.5) is 0 Å². The third-order valence-electron chi connectivity index (χ3n) is 5.37. The van der Waals surface area contributed by atoms with Crippen molar-refractivity contribution >= 4 is 0 Å². The number of rotatable bonds is 11. The second-order valence-electron chi connectivity index (χ2n) is 7.38. The molecule has 0 heterocycles. The molecule has 0 aromatic heterocycles. The summed E-state index contributed by atoms with van der Waals surface area (Å²) < 4.78 is 21.9. The molecule has 2 rings (SSSR count). The molecule has 2 aromatic rings. The molecular formula is C24H34O4. The van der Waals surface area contributed by atoms with E-state index < -0.39 is 0 Å². The van der Waals surface area contributed by atoms with Gasteiger partial charge in [0, 0.05) is 0 Å². The Balaban J connectivity index is 2.09. The number of benzene rings is 2. The summed E-state index contributed by atoms with van der Waals surface area (Å²) in [5, 5.41) is 0. The van der Waals surface area contributed by atoms with E-state index in [0.29, 0.717) is 11.8 Å². The van der Waals surface area contributed by atoms with Crippen molar-refractivity contribution in [2.75, 3.05) is 28.4 Å². The van der Waals surface area contributed by atoms with Gasteiger partial charge >= 0.3 is 0 Å². The fourth-order valence-corrected chi connectivity index (χ4v) is 3.82. The molecule has 0 N–H and O–H groups in total. The van der Waals surface area contributed by atoms with Gasteiger partial charge < -0.3 is 18.9 Å². The highest BCUT2D eigenvalue weighted by molar-refractivity contribution is 5.41. The maximum Gasteiger partial charge on any atom is 0.122 e. The number of ether oxygens (including phenoxy) is 4. The molecule has 2 aromatic carbocycles. The summed E-state index contributed by atoms with van der Waals surface area (Å²) >= 11 is 0. The molecule has 0 saturated heterocycles. The van der Waals surface area contributed by atoms with Crippen molar-refractivity contribution in [3.8, 4) is 23.0 Å². The van der Waals surface area contributed by atoms with E-state index in [1.165, 1.54) is 11.1 Å². The zero-order valence-corrected chi connectivity index (χ0v) is 18.1. The second-order valence-corrected chi connectivity index (χ2v) is 7.38. The van der Waals surface area contributed by atoms with Gasteiger partial charge in [0.05, 0.1) is 28.4 Å². The summed E-state index contributed by atoms with van der Waals surface area (Å²) in [6, 6.07) is 12.0. The van der Waals surface area contributed by atoms with E-state index in [2.05, 4.69) is 26.0 Å². The molecule has 0 aliphatic heterocycles. The van der Waals surface area contributed by atoms with E-state index in [-0.39, 0.29) is 0 Å². The first-order valence-electron chi connectivity index (χ1n) is 9.96. The van der Waals surface area contributed by atoms with E-state index in [4.69, 9.17) is 18.9 Å². The Morgan fingerprint density at radius 1 is 0.714 bits per heavy atom. The lowest BCUT2D eigenvalue weighted by atomic mass is 9.85. The van der Waals surface area contributed by atoms with Crippen LogP contribution in [0, 0.1) is 11.8 Å². The predicted molar refractivity (Wildman–Crippen MR) is 114 cm³/mol. The van der Waals surface area contributed by atoms with Gasteiger partial charge in [0.1, 0.15) is 23.0 Å². The molecule has 0 bridgehead atoms. The summed E-state index contributed by atoms with van der Waals surface area (Å²) in [5.74, 6) is 4.71. The van der Waals surface area contributed by atoms with Crippen molar-refractivity contribution in [2.24, 2.45) is 11.8 Å². The van der Waals surface area contributed by atoms with Gasteiger partial charge in [-0.3, -0.25) is 0 Å². The Morgan fingerprint density at radius 2 is 1.21 bits per heavy atom. The lowest BCUT2D eigenvalue weighted by Gasteiger charge is -2.22. The zero-order valence-electron chi connectivity index (χ0n) is 18.1. The molecule has 0 fully saturated rings. The van der Waals surface area contributed by atoms with Gasteiger partial charge in [0.15, 0.2) is 0 Å². The van der Waals surface area contributed by atoms with Crippen LogP contribution in [-0.4, -0.2) is 28.4 Å². The first-order chi connectivity index (χ1) is 13.5. The van der Waals surface area contributed by atoms with Crippen molar-refractivity contribution in [1.82, 2.24) is 0 Å². The van der Waals surface area contributed by atoms with Gasteiger partial charge in [-0.1, -0.05) is 20.3 Å². The lowest BCUT2D eigenvalue weighted by molar-refractivity contribution is 0.355. The summed E-state index contributed by atoms with van der Waals surface area (Å²) in [6.07, 6.45) is 4.21. The zero-order chi connectivity index (χ0) is 20.5. The predicted octanol–water partition coefficient (Wildman–Crippen LogP) is 5.56. The van der Waals surface area contributed by atoms with Crippen LogP contribution in [0.1, 0.15) is 37.8 Å². The summed E-state index contributed by atoms with van der Waals surface area (Å²) in [7, 11) is 6.85. The quantitative estimate of drug-likeness (QED) is 0.507. The van der Waals surface area contributed by atoms with E-state index in [1.54, 1.807) is 28.4 Å². The van der Waals surface area contributed by atoms with Crippen molar-refractivity contribution in [3.05, 3.63) is 47.5 Å². The van der Waals surface area contributed by atoms with Crippen LogP contribution in [0.15, 0.2) is 36.4 Å². The third kappa shape index (κ3) is 5.82. The molecule has 0 aliphatic carbocycles. The molecular weight excluding hydrogens is 352 g/mol. The highest BCUT2D eigenvalue weighted by Crippen LogP contribution is 2.32. The first-order valence-corrected chi connectivity index (χ1v) is 9.96. The lowest BCUT2D eigenvalue weighted by Crippen LogP contribution is -2.12. The van der Waals surface area contributed by atoms with Gasteiger partial charge in [0.2, 0.25) is 0 Å². The second kappa shape index (κ2) is 10.8. The van der Waals surface area contributed by atoms with Gasteiger partial charge in [0.25, 0.3) is 0 Å². The van der Waals surface area contributed by atoms with Gasteiger partial charge in [-0.2, -0.15) is 0 Å². The molecule has 0 aliphatic rings. The maximum absolute atomic E-state index is 5.56. The van der Waals surface area contributed by atoms with Crippen LogP contribution in [0.3, 0.4) is 0 Å². The largest absolute Gasteiger partial charge is 0.497 e. The molecule has 154 valence electrons. The van der Waals surface area contributed by atoms with Crippen molar-refractivity contribution < 1.29 is 18.9 Å². The number of methoxy groups -OCH3 is 4. The molecule has 28 heavy (non-hydrogen) atoms. The van der Waals surface area contributed by atoms with Crippen LogP contribution < -0.4 is 18.9 Å². The van der Waals surface area contributed by atoms with E-state index in [9.17, 15) is 0 Å². The standard InChI is InChI=1S/C24H34O4/c1-7-18(14-20-16-22(26-4)9-11-24(20)28-6)12-17(2)13-19-15-21(25-3)8-10-23(19)27-5/h8-11,15-18H,7,12-14H2,1-6H3/t17-,18?/m1/s1. The SMILES string of the molecule is CCC(Cc1cc(OC)ccc1OC)C[C@@H](C)Cc1cc(OC)ccc1OC. The molecule has 1 unspecified atom stereocenters. The fourth-order valence-electron chi connectivity index (χ4n) is 3.82. The average Bonchev–Trinajstić information content (AvgIpc) is 2.72. The van der Waals surface area contributed by atoms with Gasteiger partial charge in [-0.25, -0.2) is 0 Å². The Labute approximate surface area is 169 Å². The molecule has 0 spiro atoms. The van der Waals surface area contributed by atoms with Crippen molar-refractivity contribution in [3.63, 3.8) is 0 Å². The molecule has 0 radical (unpaired) electrons.